The molecular weight excluding hydrogens is 240 g/mol. The number of sulfonamides is 1. The van der Waals surface area contributed by atoms with Crippen LogP contribution < -0.4 is 5.73 Å². The van der Waals surface area contributed by atoms with Gasteiger partial charge in [-0.1, -0.05) is 6.92 Å². The second kappa shape index (κ2) is 7.31. The van der Waals surface area contributed by atoms with Crippen LogP contribution in [0.4, 0.5) is 0 Å². The van der Waals surface area contributed by atoms with Gasteiger partial charge in [0.15, 0.2) is 0 Å². The van der Waals surface area contributed by atoms with Crippen molar-refractivity contribution in [2.45, 2.75) is 38.7 Å². The van der Waals surface area contributed by atoms with E-state index >= 15 is 0 Å². The normalized spacial score (nSPS) is 23.5. The van der Waals surface area contributed by atoms with Gasteiger partial charge in [0.1, 0.15) is 0 Å². The SMILES string of the molecule is CCC1CN(S(=O)(=O)CCCCN)CCCO1. The monoisotopic (exact) mass is 264 g/mol. The molecule has 0 aliphatic carbocycles. The highest BCUT2D eigenvalue weighted by atomic mass is 32.2. The molecule has 0 spiro atoms. The van der Waals surface area contributed by atoms with Gasteiger partial charge in [-0.05, 0) is 32.2 Å². The molecule has 0 bridgehead atoms. The molecule has 0 aromatic heterocycles. The van der Waals surface area contributed by atoms with Gasteiger partial charge in [-0.3, -0.25) is 0 Å². The molecule has 0 radical (unpaired) electrons. The average molecular weight is 264 g/mol. The van der Waals surface area contributed by atoms with E-state index in [1.807, 2.05) is 6.92 Å². The van der Waals surface area contributed by atoms with Crippen LogP contribution in [-0.4, -0.2) is 50.8 Å². The smallest absolute Gasteiger partial charge is 0.214 e. The number of rotatable bonds is 6. The average Bonchev–Trinajstić information content (AvgIpc) is 2.54. The lowest BCUT2D eigenvalue weighted by atomic mass is 10.3. The molecular formula is C11H24N2O3S. The molecule has 102 valence electrons. The van der Waals surface area contributed by atoms with E-state index in [-0.39, 0.29) is 11.9 Å². The van der Waals surface area contributed by atoms with Crippen molar-refractivity contribution in [1.82, 2.24) is 4.31 Å². The van der Waals surface area contributed by atoms with Crippen molar-refractivity contribution in [3.63, 3.8) is 0 Å². The zero-order chi connectivity index (χ0) is 12.7. The van der Waals surface area contributed by atoms with Crippen molar-refractivity contribution in [2.75, 3.05) is 32.0 Å². The molecule has 6 heteroatoms. The summed E-state index contributed by atoms with van der Waals surface area (Å²) in [5.41, 5.74) is 5.38. The van der Waals surface area contributed by atoms with Crippen molar-refractivity contribution in [3.8, 4) is 0 Å². The number of nitrogens with two attached hydrogens (primary N) is 1. The third-order valence-corrected chi connectivity index (χ3v) is 4.94. The zero-order valence-electron chi connectivity index (χ0n) is 10.6. The Balaban J connectivity index is 2.55. The summed E-state index contributed by atoms with van der Waals surface area (Å²) in [7, 11) is -3.12. The number of hydrogen-bond acceptors (Lipinski definition) is 4. The molecule has 1 fully saturated rings. The van der Waals surface area contributed by atoms with Crippen molar-refractivity contribution in [3.05, 3.63) is 0 Å². The Bertz CT molecular complexity index is 306. The molecule has 0 amide bonds. The van der Waals surface area contributed by atoms with Crippen LogP contribution in [0.25, 0.3) is 0 Å². The van der Waals surface area contributed by atoms with E-state index in [1.54, 1.807) is 4.31 Å². The highest BCUT2D eigenvalue weighted by Crippen LogP contribution is 2.13. The van der Waals surface area contributed by atoms with Gasteiger partial charge < -0.3 is 10.5 Å². The van der Waals surface area contributed by atoms with Gasteiger partial charge in [-0.2, -0.15) is 4.31 Å². The molecule has 2 N–H and O–H groups in total. The predicted molar refractivity (Wildman–Crippen MR) is 68.3 cm³/mol. The lowest BCUT2D eigenvalue weighted by Crippen LogP contribution is -2.38. The maximum Gasteiger partial charge on any atom is 0.214 e. The third kappa shape index (κ3) is 4.91. The fourth-order valence-corrected chi connectivity index (χ4v) is 3.55. The van der Waals surface area contributed by atoms with Crippen LogP contribution in [0.15, 0.2) is 0 Å². The van der Waals surface area contributed by atoms with E-state index in [4.69, 9.17) is 10.5 Å². The molecule has 17 heavy (non-hydrogen) atoms. The summed E-state index contributed by atoms with van der Waals surface area (Å²) in [6.07, 6.45) is 3.09. The molecule has 1 heterocycles. The standard InChI is InChI=1S/C11H24N2O3S/c1-2-11-10-13(7-5-8-16-11)17(14,15)9-4-3-6-12/h11H,2-10,12H2,1H3. The maximum absolute atomic E-state index is 12.1. The van der Waals surface area contributed by atoms with Crippen molar-refractivity contribution >= 4 is 10.0 Å². The van der Waals surface area contributed by atoms with Crippen LogP contribution in [0.5, 0.6) is 0 Å². The lowest BCUT2D eigenvalue weighted by molar-refractivity contribution is 0.0593. The molecule has 0 aromatic rings. The van der Waals surface area contributed by atoms with Crippen molar-refractivity contribution in [2.24, 2.45) is 5.73 Å². The van der Waals surface area contributed by atoms with Crippen LogP contribution in [-0.2, 0) is 14.8 Å². The van der Waals surface area contributed by atoms with E-state index in [2.05, 4.69) is 0 Å². The lowest BCUT2D eigenvalue weighted by Gasteiger charge is -2.22. The van der Waals surface area contributed by atoms with Gasteiger partial charge in [0.25, 0.3) is 0 Å². The van der Waals surface area contributed by atoms with Gasteiger partial charge >= 0.3 is 0 Å². The van der Waals surface area contributed by atoms with Crippen LogP contribution in [0.1, 0.15) is 32.6 Å². The van der Waals surface area contributed by atoms with Crippen LogP contribution in [0.3, 0.4) is 0 Å². The largest absolute Gasteiger partial charge is 0.377 e. The molecule has 1 aliphatic rings. The van der Waals surface area contributed by atoms with E-state index < -0.39 is 10.0 Å². The number of hydrogen-bond donors (Lipinski definition) is 1. The van der Waals surface area contributed by atoms with Gasteiger partial charge in [0.05, 0.1) is 11.9 Å². The highest BCUT2D eigenvalue weighted by molar-refractivity contribution is 7.89. The zero-order valence-corrected chi connectivity index (χ0v) is 11.4. The Labute approximate surface area is 104 Å². The minimum absolute atomic E-state index is 0.0433. The second-order valence-corrected chi connectivity index (χ2v) is 6.51. The number of nitrogens with zero attached hydrogens (tertiary/aromatic N) is 1. The van der Waals surface area contributed by atoms with Crippen LogP contribution >= 0.6 is 0 Å². The summed E-state index contributed by atoms with van der Waals surface area (Å²) in [6, 6.07) is 0. The second-order valence-electron chi connectivity index (χ2n) is 4.42. The highest BCUT2D eigenvalue weighted by Gasteiger charge is 2.26. The topological polar surface area (TPSA) is 72.6 Å². The number of ether oxygens (including phenoxy) is 1. The van der Waals surface area contributed by atoms with Gasteiger partial charge in [0, 0.05) is 19.7 Å². The maximum atomic E-state index is 12.1. The first-order chi connectivity index (χ1) is 8.10. The summed E-state index contributed by atoms with van der Waals surface area (Å²) >= 11 is 0. The predicted octanol–water partition coefficient (Wildman–Crippen LogP) is 0.556. The van der Waals surface area contributed by atoms with Crippen LogP contribution in [0.2, 0.25) is 0 Å². The molecule has 1 rings (SSSR count). The van der Waals surface area contributed by atoms with E-state index in [1.165, 1.54) is 0 Å². The van der Waals surface area contributed by atoms with Gasteiger partial charge in [-0.25, -0.2) is 8.42 Å². The molecule has 0 saturated carbocycles. The Hall–Kier alpha value is -0.170. The molecule has 1 aliphatic heterocycles. The van der Waals surface area contributed by atoms with E-state index in [9.17, 15) is 8.42 Å². The van der Waals surface area contributed by atoms with E-state index in [0.29, 0.717) is 32.7 Å². The summed E-state index contributed by atoms with van der Waals surface area (Å²) in [4.78, 5) is 0. The summed E-state index contributed by atoms with van der Waals surface area (Å²) in [6.45, 7) is 4.32. The van der Waals surface area contributed by atoms with Crippen molar-refractivity contribution in [1.29, 1.82) is 0 Å². The first-order valence-electron chi connectivity index (χ1n) is 6.39. The minimum Gasteiger partial charge on any atom is -0.377 e. The van der Waals surface area contributed by atoms with Crippen molar-refractivity contribution < 1.29 is 13.2 Å². The van der Waals surface area contributed by atoms with Gasteiger partial charge in [-0.15, -0.1) is 0 Å². The molecule has 1 atom stereocenters. The minimum atomic E-state index is -3.12. The Morgan fingerprint density at radius 3 is 2.82 bits per heavy atom. The van der Waals surface area contributed by atoms with E-state index in [0.717, 1.165) is 19.3 Å². The fourth-order valence-electron chi connectivity index (χ4n) is 1.92. The quantitative estimate of drug-likeness (QED) is 0.711. The Morgan fingerprint density at radius 1 is 1.41 bits per heavy atom. The summed E-state index contributed by atoms with van der Waals surface area (Å²) in [5.74, 6) is 0.209. The molecule has 0 aromatic carbocycles. The fraction of sp³-hybridized carbons (Fsp3) is 1.00. The first-order valence-corrected chi connectivity index (χ1v) is 8.00. The molecule has 1 unspecified atom stereocenters. The molecule has 5 nitrogen and oxygen atoms in total. The summed E-state index contributed by atoms with van der Waals surface area (Å²) in [5, 5.41) is 0. The third-order valence-electron chi connectivity index (χ3n) is 3.02. The van der Waals surface area contributed by atoms with Crippen LogP contribution in [0, 0.1) is 0 Å². The Kier molecular flexibility index (Phi) is 6.40. The van der Waals surface area contributed by atoms with Gasteiger partial charge in [0.2, 0.25) is 10.0 Å². The first kappa shape index (κ1) is 14.9. The number of unbranched alkanes of at least 4 members (excludes halogenated alkanes) is 1. The summed E-state index contributed by atoms with van der Waals surface area (Å²) < 4.78 is 31.4. The molecule has 1 saturated heterocycles. The Morgan fingerprint density at radius 2 is 2.18 bits per heavy atom.